The van der Waals surface area contributed by atoms with E-state index < -0.39 is 0 Å². The van der Waals surface area contributed by atoms with Gasteiger partial charge in [0.15, 0.2) is 0 Å². The first-order chi connectivity index (χ1) is 9.11. The van der Waals surface area contributed by atoms with Gasteiger partial charge in [-0.25, -0.2) is 0 Å². The van der Waals surface area contributed by atoms with Crippen LogP contribution in [0.3, 0.4) is 0 Å². The van der Waals surface area contributed by atoms with Crippen LogP contribution in [0.1, 0.15) is 24.2 Å². The lowest BCUT2D eigenvalue weighted by Gasteiger charge is -2.19. The van der Waals surface area contributed by atoms with Crippen LogP contribution in [0.5, 0.6) is 0 Å². The van der Waals surface area contributed by atoms with E-state index in [1.807, 2.05) is 17.9 Å². The number of rotatable bonds is 5. The standard InChI is InChI=1S/C15H22N4/c1-5-16-15(14-9-10-19(4)17-14)12-7-6-8-13(11-12)18(2)3/h6-11,15-16H,5H2,1-4H3. The molecule has 1 N–H and O–H groups in total. The normalized spacial score (nSPS) is 12.4. The second-order valence-electron chi connectivity index (χ2n) is 4.89. The first-order valence-corrected chi connectivity index (χ1v) is 6.62. The van der Waals surface area contributed by atoms with Crippen molar-refractivity contribution in [1.82, 2.24) is 15.1 Å². The van der Waals surface area contributed by atoms with E-state index in [0.29, 0.717) is 0 Å². The second kappa shape index (κ2) is 5.89. The molecule has 19 heavy (non-hydrogen) atoms. The third-order valence-corrected chi connectivity index (χ3v) is 3.16. The molecule has 2 rings (SSSR count). The van der Waals surface area contributed by atoms with Gasteiger partial charge in [-0.05, 0) is 30.3 Å². The summed E-state index contributed by atoms with van der Waals surface area (Å²) >= 11 is 0. The lowest BCUT2D eigenvalue weighted by Crippen LogP contribution is -2.23. The van der Waals surface area contributed by atoms with Crippen molar-refractivity contribution in [3.8, 4) is 0 Å². The van der Waals surface area contributed by atoms with Gasteiger partial charge in [0.2, 0.25) is 0 Å². The topological polar surface area (TPSA) is 33.1 Å². The van der Waals surface area contributed by atoms with Crippen molar-refractivity contribution in [1.29, 1.82) is 0 Å². The summed E-state index contributed by atoms with van der Waals surface area (Å²) in [5.74, 6) is 0. The fourth-order valence-electron chi connectivity index (χ4n) is 2.17. The summed E-state index contributed by atoms with van der Waals surface area (Å²) in [4.78, 5) is 2.12. The number of hydrogen-bond donors (Lipinski definition) is 1. The molecule has 4 nitrogen and oxygen atoms in total. The Morgan fingerprint density at radius 2 is 2.11 bits per heavy atom. The molecule has 0 aliphatic rings. The van der Waals surface area contributed by atoms with E-state index in [0.717, 1.165) is 12.2 Å². The van der Waals surface area contributed by atoms with Crippen molar-refractivity contribution in [2.24, 2.45) is 7.05 Å². The Hall–Kier alpha value is -1.81. The zero-order chi connectivity index (χ0) is 13.8. The van der Waals surface area contributed by atoms with Crippen LogP contribution in [0.15, 0.2) is 36.5 Å². The molecule has 4 heteroatoms. The van der Waals surface area contributed by atoms with Crippen molar-refractivity contribution in [2.45, 2.75) is 13.0 Å². The Morgan fingerprint density at radius 3 is 2.68 bits per heavy atom. The van der Waals surface area contributed by atoms with E-state index in [1.165, 1.54) is 11.3 Å². The van der Waals surface area contributed by atoms with Crippen LogP contribution in [-0.2, 0) is 7.05 Å². The molecule has 0 amide bonds. The SMILES string of the molecule is CCNC(c1cccc(N(C)C)c1)c1ccn(C)n1. The van der Waals surface area contributed by atoms with Crippen LogP contribution < -0.4 is 10.2 Å². The highest BCUT2D eigenvalue weighted by Crippen LogP contribution is 2.24. The number of aryl methyl sites for hydroxylation is 1. The molecule has 0 aliphatic heterocycles. The Balaban J connectivity index is 2.36. The minimum absolute atomic E-state index is 0.145. The monoisotopic (exact) mass is 258 g/mol. The average molecular weight is 258 g/mol. The molecule has 1 atom stereocenters. The van der Waals surface area contributed by atoms with Crippen molar-refractivity contribution < 1.29 is 0 Å². The van der Waals surface area contributed by atoms with Gasteiger partial charge in [-0.2, -0.15) is 5.10 Å². The predicted molar refractivity (Wildman–Crippen MR) is 79.5 cm³/mol. The number of aromatic nitrogens is 2. The second-order valence-corrected chi connectivity index (χ2v) is 4.89. The molecular weight excluding hydrogens is 236 g/mol. The zero-order valence-corrected chi connectivity index (χ0v) is 12.1. The third-order valence-electron chi connectivity index (χ3n) is 3.16. The van der Waals surface area contributed by atoms with Crippen LogP contribution in [0.2, 0.25) is 0 Å². The molecular formula is C15H22N4. The van der Waals surface area contributed by atoms with Crippen molar-refractivity contribution in [2.75, 3.05) is 25.5 Å². The molecule has 0 bridgehead atoms. The van der Waals surface area contributed by atoms with E-state index in [-0.39, 0.29) is 6.04 Å². The zero-order valence-electron chi connectivity index (χ0n) is 12.1. The Labute approximate surface area is 115 Å². The largest absolute Gasteiger partial charge is 0.378 e. The molecule has 0 aliphatic carbocycles. The summed E-state index contributed by atoms with van der Waals surface area (Å²) in [6, 6.07) is 10.8. The molecule has 1 aromatic heterocycles. The van der Waals surface area contributed by atoms with Crippen LogP contribution in [0, 0.1) is 0 Å². The summed E-state index contributed by atoms with van der Waals surface area (Å²) in [6.45, 7) is 3.03. The number of anilines is 1. The fourth-order valence-corrected chi connectivity index (χ4v) is 2.17. The van der Waals surface area contributed by atoms with Crippen LogP contribution in [0.25, 0.3) is 0 Å². The smallest absolute Gasteiger partial charge is 0.0839 e. The molecule has 102 valence electrons. The lowest BCUT2D eigenvalue weighted by molar-refractivity contribution is 0.600. The van der Waals surface area contributed by atoms with Gasteiger partial charge in [0.05, 0.1) is 11.7 Å². The summed E-state index contributed by atoms with van der Waals surface area (Å²) in [7, 11) is 6.06. The molecule has 1 aromatic carbocycles. The lowest BCUT2D eigenvalue weighted by atomic mass is 10.0. The fraction of sp³-hybridized carbons (Fsp3) is 0.400. The minimum Gasteiger partial charge on any atom is -0.378 e. The highest BCUT2D eigenvalue weighted by Gasteiger charge is 2.16. The first kappa shape index (κ1) is 13.6. The van der Waals surface area contributed by atoms with Gasteiger partial charge < -0.3 is 10.2 Å². The van der Waals surface area contributed by atoms with Gasteiger partial charge in [0, 0.05) is 33.0 Å². The van der Waals surface area contributed by atoms with Gasteiger partial charge in [0.25, 0.3) is 0 Å². The van der Waals surface area contributed by atoms with Gasteiger partial charge in [0.1, 0.15) is 0 Å². The molecule has 0 saturated heterocycles. The van der Waals surface area contributed by atoms with Crippen LogP contribution >= 0.6 is 0 Å². The van der Waals surface area contributed by atoms with Gasteiger partial charge in [-0.3, -0.25) is 4.68 Å². The molecule has 0 fully saturated rings. The van der Waals surface area contributed by atoms with E-state index >= 15 is 0 Å². The number of hydrogen-bond acceptors (Lipinski definition) is 3. The highest BCUT2D eigenvalue weighted by molar-refractivity contribution is 5.48. The van der Waals surface area contributed by atoms with Crippen LogP contribution in [-0.4, -0.2) is 30.4 Å². The molecule has 0 radical (unpaired) electrons. The molecule has 0 saturated carbocycles. The maximum absolute atomic E-state index is 4.52. The van der Waals surface area contributed by atoms with Gasteiger partial charge in [-0.1, -0.05) is 19.1 Å². The first-order valence-electron chi connectivity index (χ1n) is 6.62. The molecule has 2 aromatic rings. The van der Waals surface area contributed by atoms with E-state index in [4.69, 9.17) is 0 Å². The van der Waals surface area contributed by atoms with Crippen molar-refractivity contribution in [3.63, 3.8) is 0 Å². The molecule has 1 unspecified atom stereocenters. The number of benzene rings is 1. The maximum Gasteiger partial charge on any atom is 0.0839 e. The minimum atomic E-state index is 0.145. The van der Waals surface area contributed by atoms with E-state index in [2.05, 4.69) is 66.7 Å². The quantitative estimate of drug-likeness (QED) is 0.892. The average Bonchev–Trinajstić information content (AvgIpc) is 2.82. The Bertz CT molecular complexity index is 530. The van der Waals surface area contributed by atoms with Gasteiger partial charge in [-0.15, -0.1) is 0 Å². The molecule has 0 spiro atoms. The number of nitrogens with one attached hydrogen (secondary N) is 1. The van der Waals surface area contributed by atoms with Crippen LogP contribution in [0.4, 0.5) is 5.69 Å². The van der Waals surface area contributed by atoms with Crippen molar-refractivity contribution in [3.05, 3.63) is 47.8 Å². The van der Waals surface area contributed by atoms with Crippen molar-refractivity contribution >= 4 is 5.69 Å². The Kier molecular flexibility index (Phi) is 4.22. The van der Waals surface area contributed by atoms with E-state index in [1.54, 1.807) is 0 Å². The molecule has 1 heterocycles. The van der Waals surface area contributed by atoms with Gasteiger partial charge >= 0.3 is 0 Å². The predicted octanol–water partition coefficient (Wildman–Crippen LogP) is 2.18. The summed E-state index contributed by atoms with van der Waals surface area (Å²) in [5.41, 5.74) is 3.50. The highest BCUT2D eigenvalue weighted by atomic mass is 15.3. The summed E-state index contributed by atoms with van der Waals surface area (Å²) < 4.78 is 1.84. The number of nitrogens with zero attached hydrogens (tertiary/aromatic N) is 3. The third kappa shape index (κ3) is 3.15. The Morgan fingerprint density at radius 1 is 1.32 bits per heavy atom. The van der Waals surface area contributed by atoms with E-state index in [9.17, 15) is 0 Å². The summed E-state index contributed by atoms with van der Waals surface area (Å²) in [6.07, 6.45) is 1.98. The summed E-state index contributed by atoms with van der Waals surface area (Å²) in [5, 5.41) is 8.02. The maximum atomic E-state index is 4.52.